The van der Waals surface area contributed by atoms with Gasteiger partial charge in [0.05, 0.1) is 5.69 Å². The third-order valence-corrected chi connectivity index (χ3v) is 6.25. The normalized spacial score (nSPS) is 12.2. The number of carbonyl (C=O) groups excluding carboxylic acids is 1. The summed E-state index contributed by atoms with van der Waals surface area (Å²) in [5.41, 5.74) is 2.20. The van der Waals surface area contributed by atoms with Gasteiger partial charge in [-0.05, 0) is 116 Å². The van der Waals surface area contributed by atoms with E-state index in [0.717, 1.165) is 18.1 Å². The summed E-state index contributed by atoms with van der Waals surface area (Å²) >= 11 is 32.5. The predicted octanol–water partition coefficient (Wildman–Crippen LogP) is 6.54. The Bertz CT molecular complexity index is 871. The molecule has 4 nitrogen and oxygen atoms in total. The lowest BCUT2D eigenvalue weighted by atomic mass is 10.2. The molecule has 0 bridgehead atoms. The van der Waals surface area contributed by atoms with E-state index in [9.17, 15) is 4.79 Å². The van der Waals surface area contributed by atoms with Crippen LogP contribution in [-0.4, -0.2) is 21.0 Å². The van der Waals surface area contributed by atoms with Crippen LogP contribution < -0.4 is 16.0 Å². The van der Waals surface area contributed by atoms with Crippen LogP contribution in [0.2, 0.25) is 0 Å². The summed E-state index contributed by atoms with van der Waals surface area (Å²) < 4.78 is 0.769. The minimum Gasteiger partial charge on any atom is -0.339 e. The van der Waals surface area contributed by atoms with E-state index in [1.54, 1.807) is 12.1 Å². The highest BCUT2D eigenvalue weighted by atomic mass is 127. The molecule has 28 heavy (non-hydrogen) atoms. The van der Waals surface area contributed by atoms with Gasteiger partial charge in [-0.2, -0.15) is 0 Å². The highest BCUT2D eigenvalue weighted by Crippen LogP contribution is 2.33. The van der Waals surface area contributed by atoms with Gasteiger partial charge in [0.15, 0.2) is 5.11 Å². The molecule has 0 unspecified atom stereocenters. The highest BCUT2D eigenvalue weighted by molar-refractivity contribution is 14.1. The zero-order chi connectivity index (χ0) is 21.1. The maximum Gasteiger partial charge on any atom is 0.252 e. The number of hydrogen-bond donors (Lipinski definition) is 3. The van der Waals surface area contributed by atoms with Crippen molar-refractivity contribution in [3.8, 4) is 0 Å². The zero-order valence-electron chi connectivity index (χ0n) is 14.1. The molecule has 0 aliphatic heterocycles. The molecule has 150 valence electrons. The second-order valence-electron chi connectivity index (χ2n) is 5.66. The van der Waals surface area contributed by atoms with Crippen LogP contribution in [0.15, 0.2) is 45.3 Å². The fraction of sp³-hybridized carbons (Fsp3) is 0.176. The second-order valence-corrected chi connectivity index (χ2v) is 11.4. The van der Waals surface area contributed by atoms with Crippen molar-refractivity contribution in [3.63, 3.8) is 0 Å². The van der Waals surface area contributed by atoms with Gasteiger partial charge in [0.25, 0.3) is 5.91 Å². The van der Waals surface area contributed by atoms with Gasteiger partial charge < -0.3 is 16.0 Å². The number of carbonyl (C=O) groups is 1. The van der Waals surface area contributed by atoms with Crippen LogP contribution in [0.3, 0.4) is 0 Å². The van der Waals surface area contributed by atoms with E-state index >= 15 is 0 Å². The van der Waals surface area contributed by atoms with Crippen LogP contribution in [0.5, 0.6) is 0 Å². The number of halogens is 6. The number of anilines is 1. The average molecular weight is 700 g/mol. The molecule has 11 heteroatoms. The fourth-order valence-corrected chi connectivity index (χ4v) is 4.64. The third kappa shape index (κ3) is 7.14. The second kappa shape index (κ2) is 10.5. The molecule has 2 rings (SSSR count). The van der Waals surface area contributed by atoms with E-state index in [2.05, 4.69) is 70.4 Å². The molecule has 0 fully saturated rings. The summed E-state index contributed by atoms with van der Waals surface area (Å²) in [5, 5.41) is 8.68. The first kappa shape index (κ1) is 24.4. The minimum absolute atomic E-state index is 0.171. The molecule has 0 radical (unpaired) electrons. The Kier molecular flexibility index (Phi) is 9.12. The Morgan fingerprint density at radius 2 is 1.64 bits per heavy atom. The van der Waals surface area contributed by atoms with Gasteiger partial charge >= 0.3 is 0 Å². The van der Waals surface area contributed by atoms with Crippen LogP contribution >= 0.6 is 101 Å². The molecule has 0 saturated carbocycles. The Balaban J connectivity index is 2.13. The number of hydrogen-bond acceptors (Lipinski definition) is 2. The van der Waals surface area contributed by atoms with Crippen molar-refractivity contribution in [2.24, 2.45) is 0 Å². The molecule has 3 N–H and O–H groups in total. The van der Waals surface area contributed by atoms with Crippen LogP contribution in [-0.2, 0) is 0 Å². The van der Waals surface area contributed by atoms with E-state index in [0.29, 0.717) is 11.3 Å². The summed E-state index contributed by atoms with van der Waals surface area (Å²) in [6, 6.07) is 10.9. The molecule has 0 aromatic heterocycles. The van der Waals surface area contributed by atoms with Crippen molar-refractivity contribution in [1.82, 2.24) is 10.6 Å². The molecule has 2 aromatic rings. The van der Waals surface area contributed by atoms with Gasteiger partial charge in [0, 0.05) is 18.1 Å². The largest absolute Gasteiger partial charge is 0.339 e. The molecule has 2 aromatic carbocycles. The fourth-order valence-electron chi connectivity index (χ4n) is 2.12. The average Bonchev–Trinajstić information content (AvgIpc) is 2.57. The van der Waals surface area contributed by atoms with E-state index in [-0.39, 0.29) is 5.11 Å². The van der Waals surface area contributed by atoms with Crippen LogP contribution in [0.1, 0.15) is 15.9 Å². The van der Waals surface area contributed by atoms with Gasteiger partial charge in [-0.25, -0.2) is 0 Å². The van der Waals surface area contributed by atoms with Crippen molar-refractivity contribution >= 4 is 118 Å². The summed E-state index contributed by atoms with van der Waals surface area (Å²) in [6.07, 6.45) is -1.06. The summed E-state index contributed by atoms with van der Waals surface area (Å²) in [4.78, 5) is 12.5. The number of thiocarbonyl (C=S) groups is 1. The Morgan fingerprint density at radius 3 is 2.14 bits per heavy atom. The smallest absolute Gasteiger partial charge is 0.252 e. The van der Waals surface area contributed by atoms with E-state index in [1.165, 1.54) is 0 Å². The molecular formula is C17H13Br2Cl3IN3OS. The summed E-state index contributed by atoms with van der Waals surface area (Å²) in [7, 11) is 0. The predicted molar refractivity (Wildman–Crippen MR) is 137 cm³/mol. The van der Waals surface area contributed by atoms with Gasteiger partial charge in [0.1, 0.15) is 6.17 Å². The van der Waals surface area contributed by atoms with Crippen LogP contribution in [0.25, 0.3) is 0 Å². The first-order chi connectivity index (χ1) is 13.0. The van der Waals surface area contributed by atoms with Gasteiger partial charge in [-0.1, -0.05) is 34.8 Å². The van der Waals surface area contributed by atoms with Crippen LogP contribution in [0, 0.1) is 10.5 Å². The number of benzene rings is 2. The molecule has 1 atom stereocenters. The van der Waals surface area contributed by atoms with E-state index in [1.807, 2.05) is 31.2 Å². The van der Waals surface area contributed by atoms with Crippen molar-refractivity contribution in [2.75, 3.05) is 5.32 Å². The number of aryl methyl sites for hydroxylation is 1. The Morgan fingerprint density at radius 1 is 1.11 bits per heavy atom. The van der Waals surface area contributed by atoms with Crippen LogP contribution in [0.4, 0.5) is 5.69 Å². The maximum atomic E-state index is 12.5. The lowest BCUT2D eigenvalue weighted by molar-refractivity contribution is 0.0934. The van der Waals surface area contributed by atoms with Crippen molar-refractivity contribution in [2.45, 2.75) is 16.9 Å². The van der Waals surface area contributed by atoms with E-state index in [4.69, 9.17) is 47.0 Å². The number of alkyl halides is 3. The number of rotatable bonds is 4. The highest BCUT2D eigenvalue weighted by Gasteiger charge is 2.35. The van der Waals surface area contributed by atoms with Crippen molar-refractivity contribution < 1.29 is 4.79 Å². The van der Waals surface area contributed by atoms with Gasteiger partial charge in [-0.3, -0.25) is 4.79 Å². The summed E-state index contributed by atoms with van der Waals surface area (Å²) in [6.45, 7) is 1.97. The Hall–Kier alpha value is 0.160. The standard InChI is InChI=1S/C17H13Br2Cl3IN3OS/c1-8-6-11(18)13(12(19)7-8)24-16(28)26-15(17(20,21)22)25-14(27)9-2-4-10(23)5-3-9/h2-7,15H,1H3,(H,25,27)(H2,24,26,28)/t15-/m1/s1. The van der Waals surface area contributed by atoms with E-state index < -0.39 is 15.9 Å². The molecule has 0 saturated heterocycles. The van der Waals surface area contributed by atoms with Crippen molar-refractivity contribution in [3.05, 3.63) is 60.0 Å². The monoisotopic (exact) mass is 697 g/mol. The number of amides is 1. The summed E-state index contributed by atoms with van der Waals surface area (Å²) in [5.74, 6) is -0.402. The SMILES string of the molecule is Cc1cc(Br)c(NC(=S)N[C@@H](NC(=O)c2ccc(I)cc2)C(Cl)(Cl)Cl)c(Br)c1. The molecule has 0 aliphatic carbocycles. The lowest BCUT2D eigenvalue weighted by Crippen LogP contribution is -2.56. The topological polar surface area (TPSA) is 53.2 Å². The van der Waals surface area contributed by atoms with Gasteiger partial charge in [0.2, 0.25) is 3.79 Å². The molecular weight excluding hydrogens is 687 g/mol. The lowest BCUT2D eigenvalue weighted by Gasteiger charge is -2.28. The van der Waals surface area contributed by atoms with Crippen molar-refractivity contribution in [1.29, 1.82) is 0 Å². The zero-order valence-corrected chi connectivity index (χ0v) is 22.5. The molecule has 0 heterocycles. The molecule has 0 spiro atoms. The Labute approximate surface area is 213 Å². The maximum absolute atomic E-state index is 12.5. The van der Waals surface area contributed by atoms with Gasteiger partial charge in [-0.15, -0.1) is 0 Å². The molecule has 1 amide bonds. The third-order valence-electron chi connectivity index (χ3n) is 3.41. The minimum atomic E-state index is -1.84. The number of nitrogens with one attached hydrogen (secondary N) is 3. The first-order valence-electron chi connectivity index (χ1n) is 7.63. The quantitative estimate of drug-likeness (QED) is 0.147. The molecule has 0 aliphatic rings. The first-order valence-corrected chi connectivity index (χ1v) is 11.8.